The number of aliphatic hydroxyl groups excluding tert-OH is 1. The summed E-state index contributed by atoms with van der Waals surface area (Å²) in [5.74, 6) is 0.984. The maximum atomic E-state index is 10.6. The predicted octanol–water partition coefficient (Wildman–Crippen LogP) is 3.81. The molecule has 0 aliphatic heterocycles. The van der Waals surface area contributed by atoms with Gasteiger partial charge in [-0.15, -0.1) is 0 Å². The minimum Gasteiger partial charge on any atom is -0.388 e. The highest BCUT2D eigenvalue weighted by Gasteiger charge is 2.30. The molecule has 0 saturated heterocycles. The Balaban J connectivity index is 2.18. The molecule has 3 atom stereocenters. The molecule has 1 aromatic carbocycles. The summed E-state index contributed by atoms with van der Waals surface area (Å²) in [5.41, 5.74) is 1.54. The lowest BCUT2D eigenvalue weighted by Gasteiger charge is -2.34. The third-order valence-electron chi connectivity index (χ3n) is 4.26. The summed E-state index contributed by atoms with van der Waals surface area (Å²) >= 11 is 0. The van der Waals surface area contributed by atoms with Crippen LogP contribution in [0.1, 0.15) is 56.3 Å². The fourth-order valence-electron chi connectivity index (χ4n) is 3.20. The van der Waals surface area contributed by atoms with Crippen LogP contribution in [0.2, 0.25) is 0 Å². The van der Waals surface area contributed by atoms with Crippen LogP contribution in [-0.4, -0.2) is 5.11 Å². The third kappa shape index (κ3) is 2.73. The van der Waals surface area contributed by atoms with Gasteiger partial charge in [0.25, 0.3) is 0 Å². The lowest BCUT2D eigenvalue weighted by molar-refractivity contribution is 0.0452. The second-order valence-corrected chi connectivity index (χ2v) is 5.30. The predicted molar refractivity (Wildman–Crippen MR) is 71.9 cm³/mol. The smallest absolute Gasteiger partial charge is 0.0991 e. The van der Waals surface area contributed by atoms with E-state index in [1.54, 1.807) is 6.07 Å². The maximum absolute atomic E-state index is 10.6. The Bertz CT molecular complexity index is 435. The Morgan fingerprint density at radius 3 is 2.89 bits per heavy atom. The Morgan fingerprint density at radius 2 is 2.17 bits per heavy atom. The van der Waals surface area contributed by atoms with Crippen molar-refractivity contribution >= 4 is 0 Å². The van der Waals surface area contributed by atoms with Gasteiger partial charge >= 0.3 is 0 Å². The van der Waals surface area contributed by atoms with Crippen molar-refractivity contribution in [3.8, 4) is 6.07 Å². The number of nitrogens with zero attached hydrogens (tertiary/aromatic N) is 1. The summed E-state index contributed by atoms with van der Waals surface area (Å²) in [6, 6.07) is 9.55. The normalized spacial score (nSPS) is 25.4. The quantitative estimate of drug-likeness (QED) is 0.877. The number of hydrogen-bond donors (Lipinski definition) is 1. The monoisotopic (exact) mass is 243 g/mol. The first-order chi connectivity index (χ1) is 8.76. The Labute approximate surface area is 109 Å². The van der Waals surface area contributed by atoms with Gasteiger partial charge in [-0.25, -0.2) is 0 Å². The first-order valence-electron chi connectivity index (χ1n) is 6.94. The number of aliphatic hydroxyl groups is 1. The molecule has 0 radical (unpaired) electrons. The molecule has 2 rings (SSSR count). The number of rotatable bonds is 3. The van der Waals surface area contributed by atoms with Crippen LogP contribution < -0.4 is 0 Å². The fraction of sp³-hybridized carbons (Fsp3) is 0.562. The summed E-state index contributed by atoms with van der Waals surface area (Å²) < 4.78 is 0. The highest BCUT2D eigenvalue weighted by atomic mass is 16.3. The van der Waals surface area contributed by atoms with Gasteiger partial charge in [-0.2, -0.15) is 5.26 Å². The molecule has 0 bridgehead atoms. The van der Waals surface area contributed by atoms with Crippen molar-refractivity contribution in [3.05, 3.63) is 35.4 Å². The van der Waals surface area contributed by atoms with Crippen LogP contribution in [0.25, 0.3) is 0 Å². The van der Waals surface area contributed by atoms with Crippen LogP contribution in [0.15, 0.2) is 24.3 Å². The zero-order valence-electron chi connectivity index (χ0n) is 11.0. The van der Waals surface area contributed by atoms with Gasteiger partial charge in [0.05, 0.1) is 17.7 Å². The summed E-state index contributed by atoms with van der Waals surface area (Å²) in [6.07, 6.45) is 5.58. The molecule has 0 spiro atoms. The SMILES string of the molecule is CCC1CCCCC1C(O)c1cccc(C#N)c1. The highest BCUT2D eigenvalue weighted by Crippen LogP contribution is 2.40. The molecule has 1 aliphatic carbocycles. The van der Waals surface area contributed by atoms with Gasteiger partial charge in [0, 0.05) is 0 Å². The number of nitriles is 1. The van der Waals surface area contributed by atoms with Gasteiger partial charge < -0.3 is 5.11 Å². The van der Waals surface area contributed by atoms with Crippen LogP contribution in [0.5, 0.6) is 0 Å². The van der Waals surface area contributed by atoms with Gasteiger partial charge in [-0.3, -0.25) is 0 Å². The average Bonchev–Trinajstić information content (AvgIpc) is 2.46. The second kappa shape index (κ2) is 6.02. The van der Waals surface area contributed by atoms with Crippen molar-refractivity contribution in [2.45, 2.75) is 45.1 Å². The third-order valence-corrected chi connectivity index (χ3v) is 4.26. The topological polar surface area (TPSA) is 44.0 Å². The van der Waals surface area contributed by atoms with Gasteiger partial charge in [0.15, 0.2) is 0 Å². The Kier molecular flexibility index (Phi) is 4.38. The number of benzene rings is 1. The molecule has 1 N–H and O–H groups in total. The van der Waals surface area contributed by atoms with Crippen molar-refractivity contribution in [2.75, 3.05) is 0 Å². The average molecular weight is 243 g/mol. The standard InChI is InChI=1S/C16H21NO/c1-2-13-7-3-4-9-15(13)16(18)14-8-5-6-12(10-14)11-17/h5-6,8,10,13,15-16,18H,2-4,7,9H2,1H3. The van der Waals surface area contributed by atoms with Crippen molar-refractivity contribution in [1.82, 2.24) is 0 Å². The van der Waals surface area contributed by atoms with E-state index in [1.165, 1.54) is 19.3 Å². The molecular weight excluding hydrogens is 222 g/mol. The minimum atomic E-state index is -0.413. The summed E-state index contributed by atoms with van der Waals surface area (Å²) in [4.78, 5) is 0. The molecule has 1 aromatic rings. The van der Waals surface area contributed by atoms with Crippen LogP contribution in [0.4, 0.5) is 0 Å². The van der Waals surface area contributed by atoms with Crippen molar-refractivity contribution in [1.29, 1.82) is 5.26 Å². The van der Waals surface area contributed by atoms with E-state index in [1.807, 2.05) is 18.2 Å². The Hall–Kier alpha value is -1.33. The van der Waals surface area contributed by atoms with Crippen molar-refractivity contribution in [2.24, 2.45) is 11.8 Å². The summed E-state index contributed by atoms with van der Waals surface area (Å²) in [6.45, 7) is 2.21. The van der Waals surface area contributed by atoms with Crippen LogP contribution in [0, 0.1) is 23.2 Å². The van der Waals surface area contributed by atoms with Crippen LogP contribution in [0.3, 0.4) is 0 Å². The van der Waals surface area contributed by atoms with E-state index in [0.29, 0.717) is 17.4 Å². The van der Waals surface area contributed by atoms with Crippen molar-refractivity contribution < 1.29 is 5.11 Å². The lowest BCUT2D eigenvalue weighted by atomic mass is 9.73. The van der Waals surface area contributed by atoms with E-state index >= 15 is 0 Å². The van der Waals surface area contributed by atoms with Gasteiger partial charge in [-0.05, 0) is 36.0 Å². The van der Waals surface area contributed by atoms with Crippen LogP contribution in [-0.2, 0) is 0 Å². The molecule has 0 heterocycles. The first-order valence-corrected chi connectivity index (χ1v) is 6.94. The number of hydrogen-bond acceptors (Lipinski definition) is 2. The Morgan fingerprint density at radius 1 is 1.39 bits per heavy atom. The van der Waals surface area contributed by atoms with E-state index in [0.717, 1.165) is 18.4 Å². The zero-order chi connectivity index (χ0) is 13.0. The molecule has 1 fully saturated rings. The zero-order valence-corrected chi connectivity index (χ0v) is 11.0. The lowest BCUT2D eigenvalue weighted by Crippen LogP contribution is -2.25. The molecule has 2 nitrogen and oxygen atoms in total. The molecule has 18 heavy (non-hydrogen) atoms. The van der Waals surface area contributed by atoms with E-state index in [2.05, 4.69) is 13.0 Å². The van der Waals surface area contributed by atoms with E-state index in [-0.39, 0.29) is 0 Å². The minimum absolute atomic E-state index is 0.359. The molecule has 0 amide bonds. The molecule has 3 unspecified atom stereocenters. The molecule has 96 valence electrons. The van der Waals surface area contributed by atoms with E-state index in [4.69, 9.17) is 5.26 Å². The highest BCUT2D eigenvalue weighted by molar-refractivity contribution is 5.34. The molecule has 0 aromatic heterocycles. The first kappa shape index (κ1) is 13.1. The van der Waals surface area contributed by atoms with Crippen LogP contribution >= 0.6 is 0 Å². The van der Waals surface area contributed by atoms with E-state index < -0.39 is 6.10 Å². The summed E-state index contributed by atoms with van der Waals surface area (Å²) in [5, 5.41) is 19.5. The second-order valence-electron chi connectivity index (χ2n) is 5.30. The summed E-state index contributed by atoms with van der Waals surface area (Å²) in [7, 11) is 0. The molecular formula is C16H21NO. The maximum Gasteiger partial charge on any atom is 0.0991 e. The molecule has 2 heteroatoms. The van der Waals surface area contributed by atoms with E-state index in [9.17, 15) is 5.11 Å². The molecule has 1 saturated carbocycles. The van der Waals surface area contributed by atoms with Crippen molar-refractivity contribution in [3.63, 3.8) is 0 Å². The largest absolute Gasteiger partial charge is 0.388 e. The fourth-order valence-corrected chi connectivity index (χ4v) is 3.20. The van der Waals surface area contributed by atoms with Gasteiger partial charge in [0.1, 0.15) is 0 Å². The van der Waals surface area contributed by atoms with Gasteiger partial charge in [-0.1, -0.05) is 44.7 Å². The van der Waals surface area contributed by atoms with Gasteiger partial charge in [0.2, 0.25) is 0 Å². The molecule has 1 aliphatic rings.